The number of ether oxygens (including phenoxy) is 3. The average Bonchev–Trinajstić information content (AvgIpc) is 3.13. The molecule has 0 spiro atoms. The first-order chi connectivity index (χ1) is 23.8. The highest BCUT2D eigenvalue weighted by Crippen LogP contribution is 2.43. The molecule has 0 unspecified atom stereocenters. The van der Waals surface area contributed by atoms with Gasteiger partial charge in [0.2, 0.25) is 0 Å². The van der Waals surface area contributed by atoms with Crippen molar-refractivity contribution in [1.82, 2.24) is 0 Å². The van der Waals surface area contributed by atoms with Crippen LogP contribution in [-0.4, -0.2) is 34.1 Å². The van der Waals surface area contributed by atoms with E-state index in [-0.39, 0.29) is 30.3 Å². The second-order valence-corrected chi connectivity index (χ2v) is 12.7. The number of aliphatic hydroxyl groups excluding tert-OH is 1. The monoisotopic (exact) mass is 676 g/mol. The third-order valence-electron chi connectivity index (χ3n) is 8.15. The fraction of sp³-hybridized carbons (Fsp3) is 0.179. The van der Waals surface area contributed by atoms with Crippen LogP contribution < -0.4 is 15.4 Å². The molecule has 250 valence electrons. The van der Waals surface area contributed by atoms with Gasteiger partial charge >= 0.3 is 12.0 Å². The van der Waals surface area contributed by atoms with Gasteiger partial charge in [-0.25, -0.2) is 9.59 Å². The minimum atomic E-state index is -0.965. The van der Waals surface area contributed by atoms with Crippen LogP contribution in [0.5, 0.6) is 11.5 Å². The minimum Gasteiger partial charge on any atom is -0.478 e. The van der Waals surface area contributed by atoms with Gasteiger partial charge in [0.25, 0.3) is 0 Å². The molecule has 2 amide bonds. The van der Waals surface area contributed by atoms with Crippen molar-refractivity contribution < 1.29 is 34.0 Å². The van der Waals surface area contributed by atoms with E-state index in [1.54, 1.807) is 66.4 Å². The summed E-state index contributed by atoms with van der Waals surface area (Å²) in [6.45, 7) is 2.04. The number of amides is 2. The maximum atomic E-state index is 12.9. The Hall–Kier alpha value is -5.13. The molecule has 49 heavy (non-hydrogen) atoms. The quantitative estimate of drug-likeness (QED) is 0.102. The van der Waals surface area contributed by atoms with E-state index in [9.17, 15) is 19.8 Å². The van der Waals surface area contributed by atoms with Gasteiger partial charge < -0.3 is 35.1 Å². The molecule has 0 saturated carbocycles. The average molecular weight is 677 g/mol. The number of aliphatic hydroxyl groups is 1. The lowest BCUT2D eigenvalue weighted by Crippen LogP contribution is -2.38. The number of carboxylic acid groups (broad SMARTS) is 1. The van der Waals surface area contributed by atoms with Crippen LogP contribution in [0.1, 0.15) is 46.4 Å². The van der Waals surface area contributed by atoms with E-state index in [4.69, 9.17) is 14.2 Å². The minimum absolute atomic E-state index is 0.0291. The lowest BCUT2D eigenvalue weighted by molar-refractivity contribution is -0.268. The summed E-state index contributed by atoms with van der Waals surface area (Å²) < 4.78 is 19.0. The predicted molar refractivity (Wildman–Crippen MR) is 189 cm³/mol. The van der Waals surface area contributed by atoms with Crippen LogP contribution in [0.15, 0.2) is 132 Å². The number of aromatic carboxylic acids is 1. The van der Waals surface area contributed by atoms with Crippen molar-refractivity contribution in [2.24, 2.45) is 5.92 Å². The summed E-state index contributed by atoms with van der Waals surface area (Å²) >= 11 is 1.59. The standard InChI is InChI=1S/C39H36N2O7S/c1-25-35(24-49-34-20-14-28(15-21-34)37(43)44)47-38(48-36(25)27-12-10-26(23-42)11-13-27)29-6-5-7-31(22-29)41-39(45)40-30-16-18-33(19-17-30)46-32-8-3-2-4-9-32/h2-22,25,35-36,38,42H,23-24H2,1H3,(H,43,44)(H2,40,41,45)/t25-,35+,36+,38+/m0/s1. The Morgan fingerprint density at radius 2 is 1.45 bits per heavy atom. The molecule has 10 heteroatoms. The number of benzene rings is 5. The molecule has 1 saturated heterocycles. The molecule has 1 aliphatic heterocycles. The van der Waals surface area contributed by atoms with Crippen molar-refractivity contribution in [1.29, 1.82) is 0 Å². The molecule has 4 atom stereocenters. The van der Waals surface area contributed by atoms with Crippen LogP contribution in [-0.2, 0) is 16.1 Å². The van der Waals surface area contributed by atoms with Gasteiger partial charge in [-0.2, -0.15) is 0 Å². The van der Waals surface area contributed by atoms with Gasteiger partial charge in [-0.05, 0) is 83.9 Å². The number of nitrogens with one attached hydrogen (secondary N) is 2. The van der Waals surface area contributed by atoms with Crippen molar-refractivity contribution >= 4 is 35.1 Å². The first kappa shape index (κ1) is 33.8. The van der Waals surface area contributed by atoms with Crippen LogP contribution in [0.4, 0.5) is 16.2 Å². The number of carbonyl (C=O) groups excluding carboxylic acids is 1. The number of rotatable bonds is 11. The normalized spacial score (nSPS) is 18.7. The molecule has 5 aromatic carbocycles. The number of para-hydroxylation sites is 1. The second-order valence-electron chi connectivity index (χ2n) is 11.6. The zero-order valence-electron chi connectivity index (χ0n) is 26.7. The van der Waals surface area contributed by atoms with Crippen molar-refractivity contribution in [3.8, 4) is 11.5 Å². The largest absolute Gasteiger partial charge is 0.478 e. The first-order valence-corrected chi connectivity index (χ1v) is 16.8. The summed E-state index contributed by atoms with van der Waals surface area (Å²) in [6, 6.07) is 38.0. The predicted octanol–water partition coefficient (Wildman–Crippen LogP) is 8.90. The maximum absolute atomic E-state index is 12.9. The zero-order chi connectivity index (χ0) is 34.2. The van der Waals surface area contributed by atoms with Gasteiger partial charge in [0, 0.05) is 33.5 Å². The Bertz CT molecular complexity index is 1850. The summed E-state index contributed by atoms with van der Waals surface area (Å²) in [7, 11) is 0. The van der Waals surface area contributed by atoms with E-state index in [0.717, 1.165) is 27.3 Å². The number of anilines is 2. The molecule has 0 radical (unpaired) electrons. The number of thioether (sulfide) groups is 1. The number of hydrogen-bond acceptors (Lipinski definition) is 7. The second kappa shape index (κ2) is 15.8. The summed E-state index contributed by atoms with van der Waals surface area (Å²) in [5.41, 5.74) is 3.93. The molecule has 5 aromatic rings. The van der Waals surface area contributed by atoms with E-state index in [1.165, 1.54) is 0 Å². The van der Waals surface area contributed by atoms with Crippen LogP contribution in [0.2, 0.25) is 0 Å². The van der Waals surface area contributed by atoms with Crippen molar-refractivity contribution in [2.75, 3.05) is 16.4 Å². The Morgan fingerprint density at radius 1 is 0.755 bits per heavy atom. The molecule has 6 rings (SSSR count). The van der Waals surface area contributed by atoms with E-state index >= 15 is 0 Å². The molecular formula is C39H36N2O7S. The first-order valence-electron chi connectivity index (χ1n) is 15.8. The Kier molecular flexibility index (Phi) is 10.9. The number of carbonyl (C=O) groups is 2. The lowest BCUT2D eigenvalue weighted by atomic mass is 9.91. The number of hydrogen-bond donors (Lipinski definition) is 4. The highest BCUT2D eigenvalue weighted by Gasteiger charge is 2.38. The van der Waals surface area contributed by atoms with Crippen molar-refractivity contribution in [2.45, 2.75) is 36.9 Å². The molecule has 9 nitrogen and oxygen atoms in total. The lowest BCUT2D eigenvalue weighted by Gasteiger charge is -2.41. The van der Waals surface area contributed by atoms with E-state index < -0.39 is 18.3 Å². The van der Waals surface area contributed by atoms with Crippen molar-refractivity contribution in [3.63, 3.8) is 0 Å². The summed E-state index contributed by atoms with van der Waals surface area (Å²) in [5.74, 6) is 0.993. The van der Waals surface area contributed by atoms with Gasteiger partial charge in [0.05, 0.1) is 24.4 Å². The van der Waals surface area contributed by atoms with Crippen LogP contribution in [0.25, 0.3) is 0 Å². The molecule has 1 fully saturated rings. The summed E-state index contributed by atoms with van der Waals surface area (Å²) in [6.07, 6.45) is -1.25. The van der Waals surface area contributed by atoms with Gasteiger partial charge in [-0.15, -0.1) is 11.8 Å². The Balaban J connectivity index is 1.14. The molecule has 4 N–H and O–H groups in total. The Morgan fingerprint density at radius 3 is 2.14 bits per heavy atom. The van der Waals surface area contributed by atoms with E-state index in [0.29, 0.717) is 22.9 Å². The highest BCUT2D eigenvalue weighted by atomic mass is 32.2. The summed E-state index contributed by atoms with van der Waals surface area (Å²) in [4.78, 5) is 25.2. The topological polar surface area (TPSA) is 126 Å². The maximum Gasteiger partial charge on any atom is 0.335 e. The summed E-state index contributed by atoms with van der Waals surface area (Å²) in [5, 5.41) is 24.6. The van der Waals surface area contributed by atoms with Gasteiger partial charge in [0.15, 0.2) is 6.29 Å². The Labute approximate surface area is 288 Å². The van der Waals surface area contributed by atoms with Crippen LogP contribution in [0, 0.1) is 5.92 Å². The zero-order valence-corrected chi connectivity index (χ0v) is 27.5. The molecular weight excluding hydrogens is 641 g/mol. The van der Waals surface area contributed by atoms with Gasteiger partial charge in [0.1, 0.15) is 11.5 Å². The van der Waals surface area contributed by atoms with Gasteiger partial charge in [-0.3, -0.25) is 0 Å². The molecule has 0 aromatic heterocycles. The fourth-order valence-corrected chi connectivity index (χ4v) is 6.54. The molecule has 1 aliphatic rings. The smallest absolute Gasteiger partial charge is 0.335 e. The van der Waals surface area contributed by atoms with E-state index in [1.807, 2.05) is 72.8 Å². The van der Waals surface area contributed by atoms with E-state index in [2.05, 4.69) is 17.6 Å². The third-order valence-corrected chi connectivity index (χ3v) is 9.25. The van der Waals surface area contributed by atoms with Crippen molar-refractivity contribution in [3.05, 3.63) is 150 Å². The number of carboxylic acids is 1. The highest BCUT2D eigenvalue weighted by molar-refractivity contribution is 7.99. The molecule has 1 heterocycles. The molecule has 0 bridgehead atoms. The van der Waals surface area contributed by atoms with Gasteiger partial charge in [-0.1, -0.05) is 61.5 Å². The fourth-order valence-electron chi connectivity index (χ4n) is 5.47. The molecule has 0 aliphatic carbocycles. The SMILES string of the molecule is C[C@H]1[C@@H](CSc2ccc(C(=O)O)cc2)O[C@@H](c2cccc(NC(=O)Nc3ccc(Oc4ccccc4)cc3)c2)O[C@H]1c1ccc(CO)cc1. The number of urea groups is 1. The van der Waals surface area contributed by atoms with Crippen LogP contribution >= 0.6 is 11.8 Å². The third kappa shape index (κ3) is 8.87. The van der Waals surface area contributed by atoms with Crippen LogP contribution in [0.3, 0.4) is 0 Å².